The van der Waals surface area contributed by atoms with Gasteiger partial charge in [-0.2, -0.15) is 0 Å². The topological polar surface area (TPSA) is 49.8 Å². The molecule has 2 heterocycles. The van der Waals surface area contributed by atoms with Crippen LogP contribution in [0.1, 0.15) is 28.9 Å². The van der Waals surface area contributed by atoms with E-state index in [0.717, 1.165) is 18.4 Å². The fourth-order valence-electron chi connectivity index (χ4n) is 2.97. The van der Waals surface area contributed by atoms with Crippen molar-refractivity contribution < 1.29 is 9.18 Å². The summed E-state index contributed by atoms with van der Waals surface area (Å²) in [5, 5.41) is 3.97. The molecule has 0 spiro atoms. The van der Waals surface area contributed by atoms with E-state index in [1.807, 2.05) is 30.1 Å². The third-order valence-electron chi connectivity index (χ3n) is 4.38. The molecular weight excluding hydrogens is 317 g/mol. The van der Waals surface area contributed by atoms with E-state index in [9.17, 15) is 9.18 Å². The molecule has 0 bridgehead atoms. The fourth-order valence-corrected chi connectivity index (χ4v) is 3.18. The van der Waals surface area contributed by atoms with Crippen molar-refractivity contribution >= 4 is 28.4 Å². The van der Waals surface area contributed by atoms with Crippen molar-refractivity contribution in [2.75, 3.05) is 0 Å². The normalized spacial score (nSPS) is 15.8. The first kappa shape index (κ1) is 14.3. The van der Waals surface area contributed by atoms with Crippen LogP contribution < -0.4 is 5.32 Å². The van der Waals surface area contributed by atoms with Crippen LogP contribution in [-0.2, 0) is 12.6 Å². The van der Waals surface area contributed by atoms with Crippen LogP contribution in [0.4, 0.5) is 4.39 Å². The number of halogens is 2. The van der Waals surface area contributed by atoms with Crippen LogP contribution in [0.25, 0.3) is 10.9 Å². The van der Waals surface area contributed by atoms with Crippen molar-refractivity contribution in [3.05, 3.63) is 58.8 Å². The standard InChI is InChI=1S/C17H15ClFN3O/c1-22-5-2-11(9-22)17(3-4-17)21-16(23)14-7-10-6-12(18)8-13(19)15(10)20-14/h2,5-9,20H,3-4H2,1H3,(H,21,23). The highest BCUT2D eigenvalue weighted by Crippen LogP contribution is 2.45. The van der Waals surface area contributed by atoms with E-state index in [0.29, 0.717) is 21.6 Å². The van der Waals surface area contributed by atoms with E-state index in [1.54, 1.807) is 12.1 Å². The summed E-state index contributed by atoms with van der Waals surface area (Å²) in [6.07, 6.45) is 5.78. The van der Waals surface area contributed by atoms with Crippen LogP contribution in [0.15, 0.2) is 36.7 Å². The lowest BCUT2D eigenvalue weighted by molar-refractivity contribution is 0.0926. The molecule has 4 rings (SSSR count). The number of aromatic amines is 1. The Labute approximate surface area is 137 Å². The van der Waals surface area contributed by atoms with E-state index in [2.05, 4.69) is 10.3 Å². The van der Waals surface area contributed by atoms with Crippen LogP contribution in [-0.4, -0.2) is 15.5 Å². The third kappa shape index (κ3) is 2.41. The number of nitrogens with one attached hydrogen (secondary N) is 2. The van der Waals surface area contributed by atoms with Gasteiger partial charge < -0.3 is 14.9 Å². The Morgan fingerprint density at radius 3 is 2.83 bits per heavy atom. The number of carbonyl (C=O) groups excluding carboxylic acids is 1. The minimum absolute atomic E-state index is 0.238. The molecular formula is C17H15ClFN3O. The summed E-state index contributed by atoms with van der Waals surface area (Å²) in [7, 11) is 1.95. The summed E-state index contributed by atoms with van der Waals surface area (Å²) in [6.45, 7) is 0. The predicted molar refractivity (Wildman–Crippen MR) is 87.1 cm³/mol. The Balaban J connectivity index is 1.64. The van der Waals surface area contributed by atoms with Gasteiger partial charge in [-0.25, -0.2) is 4.39 Å². The second kappa shape index (κ2) is 4.86. The Bertz CT molecular complexity index is 923. The Hall–Kier alpha value is -2.27. The summed E-state index contributed by atoms with van der Waals surface area (Å²) in [6, 6.07) is 6.50. The van der Waals surface area contributed by atoms with Crippen LogP contribution in [0.3, 0.4) is 0 Å². The second-order valence-corrected chi connectivity index (χ2v) is 6.57. The highest BCUT2D eigenvalue weighted by Gasteiger charge is 2.46. The van der Waals surface area contributed by atoms with Crippen molar-refractivity contribution in [1.29, 1.82) is 0 Å². The number of aromatic nitrogens is 2. The minimum Gasteiger partial charge on any atom is -0.357 e. The number of rotatable bonds is 3. The number of hydrogen-bond acceptors (Lipinski definition) is 1. The molecule has 118 valence electrons. The van der Waals surface area contributed by atoms with Crippen molar-refractivity contribution in [3.8, 4) is 0 Å². The van der Waals surface area contributed by atoms with Gasteiger partial charge in [-0.15, -0.1) is 0 Å². The van der Waals surface area contributed by atoms with Crippen LogP contribution >= 0.6 is 11.6 Å². The smallest absolute Gasteiger partial charge is 0.268 e. The van der Waals surface area contributed by atoms with Gasteiger partial charge >= 0.3 is 0 Å². The monoisotopic (exact) mass is 331 g/mol. The average molecular weight is 332 g/mol. The van der Waals surface area contributed by atoms with E-state index in [4.69, 9.17) is 11.6 Å². The van der Waals surface area contributed by atoms with Gasteiger partial charge in [0.1, 0.15) is 11.5 Å². The van der Waals surface area contributed by atoms with Crippen molar-refractivity contribution in [2.24, 2.45) is 7.05 Å². The SMILES string of the molecule is Cn1ccc(C2(NC(=O)c3cc4cc(Cl)cc(F)c4[nH]3)CC2)c1. The summed E-state index contributed by atoms with van der Waals surface area (Å²) < 4.78 is 15.9. The number of aryl methyl sites for hydroxylation is 1. The first-order valence-electron chi connectivity index (χ1n) is 7.40. The van der Waals surface area contributed by atoms with Crippen molar-refractivity contribution in [2.45, 2.75) is 18.4 Å². The summed E-state index contributed by atoms with van der Waals surface area (Å²) in [4.78, 5) is 15.4. The van der Waals surface area contributed by atoms with Gasteiger partial charge in [-0.3, -0.25) is 4.79 Å². The summed E-state index contributed by atoms with van der Waals surface area (Å²) >= 11 is 5.85. The van der Waals surface area contributed by atoms with Gasteiger partial charge in [0.25, 0.3) is 5.91 Å². The molecule has 0 aliphatic heterocycles. The van der Waals surface area contributed by atoms with Gasteiger partial charge in [0.05, 0.1) is 11.1 Å². The van der Waals surface area contributed by atoms with E-state index in [-0.39, 0.29) is 11.4 Å². The predicted octanol–water partition coefficient (Wildman–Crippen LogP) is 3.72. The molecule has 1 aliphatic carbocycles. The highest BCUT2D eigenvalue weighted by atomic mass is 35.5. The molecule has 6 heteroatoms. The molecule has 0 radical (unpaired) electrons. The first-order chi connectivity index (χ1) is 11.0. The van der Waals surface area contributed by atoms with E-state index >= 15 is 0 Å². The van der Waals surface area contributed by atoms with Crippen molar-refractivity contribution in [3.63, 3.8) is 0 Å². The maximum absolute atomic E-state index is 13.9. The lowest BCUT2D eigenvalue weighted by atomic mass is 10.1. The first-order valence-corrected chi connectivity index (χ1v) is 7.77. The summed E-state index contributed by atoms with van der Waals surface area (Å²) in [5.74, 6) is -0.700. The van der Waals surface area contributed by atoms with E-state index < -0.39 is 5.82 Å². The zero-order chi connectivity index (χ0) is 16.2. The van der Waals surface area contributed by atoms with Crippen LogP contribution in [0.5, 0.6) is 0 Å². The molecule has 0 saturated heterocycles. The number of nitrogens with zero attached hydrogens (tertiary/aromatic N) is 1. The highest BCUT2D eigenvalue weighted by molar-refractivity contribution is 6.31. The third-order valence-corrected chi connectivity index (χ3v) is 4.60. The quantitative estimate of drug-likeness (QED) is 0.755. The lowest BCUT2D eigenvalue weighted by Crippen LogP contribution is -2.34. The Morgan fingerprint density at radius 1 is 1.39 bits per heavy atom. The maximum Gasteiger partial charge on any atom is 0.268 e. The van der Waals surface area contributed by atoms with Crippen LogP contribution in [0, 0.1) is 5.82 Å². The fraction of sp³-hybridized carbons (Fsp3) is 0.235. The Morgan fingerprint density at radius 2 is 2.17 bits per heavy atom. The minimum atomic E-state index is -0.462. The van der Waals surface area contributed by atoms with Gasteiger partial charge in [0.2, 0.25) is 0 Å². The molecule has 1 amide bonds. The van der Waals surface area contributed by atoms with Gasteiger partial charge in [0.15, 0.2) is 0 Å². The largest absolute Gasteiger partial charge is 0.357 e. The molecule has 2 aromatic heterocycles. The van der Waals surface area contributed by atoms with Gasteiger partial charge in [-0.05, 0) is 42.7 Å². The lowest BCUT2D eigenvalue weighted by Gasteiger charge is -2.15. The number of amides is 1. The number of H-pyrrole nitrogens is 1. The molecule has 23 heavy (non-hydrogen) atoms. The molecule has 1 aromatic carbocycles. The maximum atomic E-state index is 13.9. The molecule has 2 N–H and O–H groups in total. The van der Waals surface area contributed by atoms with Gasteiger partial charge in [0, 0.05) is 29.9 Å². The Kier molecular flexibility index (Phi) is 3.03. The van der Waals surface area contributed by atoms with Gasteiger partial charge in [-0.1, -0.05) is 11.6 Å². The number of hydrogen-bond donors (Lipinski definition) is 2. The van der Waals surface area contributed by atoms with Crippen molar-refractivity contribution in [1.82, 2.24) is 14.9 Å². The number of fused-ring (bicyclic) bond motifs is 1. The molecule has 3 aromatic rings. The molecule has 1 aliphatic rings. The number of benzene rings is 1. The zero-order valence-corrected chi connectivity index (χ0v) is 13.2. The number of carbonyl (C=O) groups is 1. The molecule has 0 unspecified atom stereocenters. The van der Waals surface area contributed by atoms with E-state index in [1.165, 1.54) is 6.07 Å². The zero-order valence-electron chi connectivity index (χ0n) is 12.5. The molecule has 1 fully saturated rings. The van der Waals surface area contributed by atoms with Crippen LogP contribution in [0.2, 0.25) is 5.02 Å². The molecule has 4 nitrogen and oxygen atoms in total. The summed E-state index contributed by atoms with van der Waals surface area (Å²) in [5.41, 5.74) is 1.43. The molecule has 0 atom stereocenters. The second-order valence-electron chi connectivity index (χ2n) is 6.14. The average Bonchev–Trinajstić information content (AvgIpc) is 2.93. The molecule has 1 saturated carbocycles.